The summed E-state index contributed by atoms with van der Waals surface area (Å²) in [6.45, 7) is 17.3. The van der Waals surface area contributed by atoms with Gasteiger partial charge in [-0.05, 0) is 122 Å². The maximum atomic E-state index is 13.4. The number of esters is 1. The second-order valence-electron chi connectivity index (χ2n) is 16.7. The van der Waals surface area contributed by atoms with Gasteiger partial charge in [0.2, 0.25) is 0 Å². The second kappa shape index (κ2) is 9.98. The molecule has 4 unspecified atom stereocenters. The molecular formula is C37H50O8. The van der Waals surface area contributed by atoms with Crippen molar-refractivity contribution in [3.8, 4) is 11.5 Å². The zero-order valence-electron chi connectivity index (χ0n) is 27.6. The van der Waals surface area contributed by atoms with E-state index in [9.17, 15) is 34.8 Å². The quantitative estimate of drug-likeness (QED) is 0.152. The average Bonchev–Trinajstić information content (AvgIpc) is 3.43. The molecule has 1 aromatic carbocycles. The van der Waals surface area contributed by atoms with Crippen molar-refractivity contribution in [1.29, 1.82) is 0 Å². The van der Waals surface area contributed by atoms with Gasteiger partial charge in [0.15, 0.2) is 11.5 Å². The molecule has 8 heteroatoms. The molecule has 1 aromatic rings. The third kappa shape index (κ3) is 3.98. The predicted molar refractivity (Wildman–Crippen MR) is 167 cm³/mol. The van der Waals surface area contributed by atoms with Crippen LogP contribution in [0.25, 0.3) is 0 Å². The number of aromatic hydroxyl groups is 2. The van der Waals surface area contributed by atoms with Gasteiger partial charge >= 0.3 is 17.9 Å². The smallest absolute Gasteiger partial charge is 0.338 e. The summed E-state index contributed by atoms with van der Waals surface area (Å²) >= 11 is 0. The van der Waals surface area contributed by atoms with Gasteiger partial charge in [0, 0.05) is 5.41 Å². The first-order chi connectivity index (χ1) is 20.9. The van der Waals surface area contributed by atoms with E-state index in [1.165, 1.54) is 12.1 Å². The highest BCUT2D eigenvalue weighted by Crippen LogP contribution is 2.79. The van der Waals surface area contributed by atoms with E-state index in [0.717, 1.165) is 50.2 Å². The second-order valence-corrected chi connectivity index (χ2v) is 16.7. The van der Waals surface area contributed by atoms with Crippen LogP contribution < -0.4 is 0 Å². The Morgan fingerprint density at radius 1 is 0.844 bits per heavy atom. The van der Waals surface area contributed by atoms with Crippen LogP contribution in [-0.2, 0) is 14.3 Å². The molecule has 11 atom stereocenters. The lowest BCUT2D eigenvalue weighted by Gasteiger charge is -2.70. The highest BCUT2D eigenvalue weighted by molar-refractivity contribution is 5.90. The van der Waals surface area contributed by atoms with Gasteiger partial charge in [-0.2, -0.15) is 0 Å². The molecule has 5 aliphatic rings. The van der Waals surface area contributed by atoms with Crippen molar-refractivity contribution in [3.63, 3.8) is 0 Å². The molecule has 0 saturated heterocycles. The van der Waals surface area contributed by atoms with Crippen molar-refractivity contribution in [1.82, 2.24) is 0 Å². The van der Waals surface area contributed by atoms with Crippen LogP contribution >= 0.6 is 0 Å². The highest BCUT2D eigenvalue weighted by atomic mass is 16.5. The van der Waals surface area contributed by atoms with E-state index in [0.29, 0.717) is 12.8 Å². The van der Waals surface area contributed by atoms with Gasteiger partial charge < -0.3 is 25.2 Å². The number of phenols is 2. The summed E-state index contributed by atoms with van der Waals surface area (Å²) in [6, 6.07) is 3.73. The predicted octanol–water partition coefficient (Wildman–Crippen LogP) is 7.29. The fraction of sp³-hybridized carbons (Fsp3) is 0.703. The van der Waals surface area contributed by atoms with Crippen LogP contribution in [0.15, 0.2) is 30.4 Å². The molecule has 5 fully saturated rings. The molecule has 0 radical (unpaired) electrons. The largest absolute Gasteiger partial charge is 0.504 e. The molecule has 5 saturated carbocycles. The number of carbonyl (C=O) groups excluding carboxylic acids is 1. The number of carboxylic acid groups (broad SMARTS) is 2. The number of benzene rings is 1. The van der Waals surface area contributed by atoms with Gasteiger partial charge in [0.05, 0.1) is 11.0 Å². The van der Waals surface area contributed by atoms with Crippen LogP contribution in [0.4, 0.5) is 0 Å². The first kappa shape index (κ1) is 31.9. The molecule has 5 aliphatic carbocycles. The number of carbonyl (C=O) groups is 3. The van der Waals surface area contributed by atoms with Crippen LogP contribution in [0, 0.1) is 62.6 Å². The van der Waals surface area contributed by atoms with E-state index < -0.39 is 51.9 Å². The van der Waals surface area contributed by atoms with E-state index in [1.807, 2.05) is 20.8 Å². The number of fused-ring (bicyclic) bond motifs is 7. The minimum Gasteiger partial charge on any atom is -0.504 e. The first-order valence-electron chi connectivity index (χ1n) is 16.7. The first-order valence-corrected chi connectivity index (χ1v) is 16.7. The number of carboxylic acids is 2. The molecule has 8 nitrogen and oxygen atoms in total. The molecule has 0 amide bonds. The number of allylic oxidation sites excluding steroid dienone is 1. The molecule has 0 spiro atoms. The summed E-state index contributed by atoms with van der Waals surface area (Å²) in [5.41, 5.74) is -1.28. The van der Waals surface area contributed by atoms with Crippen molar-refractivity contribution in [3.05, 3.63) is 35.9 Å². The number of hydrogen-bond donors (Lipinski definition) is 4. The van der Waals surface area contributed by atoms with E-state index in [2.05, 4.69) is 27.4 Å². The van der Waals surface area contributed by atoms with Crippen LogP contribution in [0.5, 0.6) is 11.5 Å². The lowest BCUT2D eigenvalue weighted by Crippen LogP contribution is -2.65. The Morgan fingerprint density at radius 2 is 1.53 bits per heavy atom. The maximum Gasteiger partial charge on any atom is 0.338 e. The Kier molecular flexibility index (Phi) is 7.08. The summed E-state index contributed by atoms with van der Waals surface area (Å²) in [5.74, 6) is -3.64. The van der Waals surface area contributed by atoms with Gasteiger partial charge in [-0.3, -0.25) is 9.59 Å². The van der Waals surface area contributed by atoms with Crippen molar-refractivity contribution in [2.45, 2.75) is 99.0 Å². The van der Waals surface area contributed by atoms with Crippen LogP contribution in [0.3, 0.4) is 0 Å². The third-order valence-corrected chi connectivity index (χ3v) is 15.0. The lowest BCUT2D eigenvalue weighted by molar-refractivity contribution is -0.228. The van der Waals surface area contributed by atoms with Gasteiger partial charge in [-0.1, -0.05) is 46.8 Å². The van der Waals surface area contributed by atoms with E-state index >= 15 is 0 Å². The standard InChI is InChI=1S/C37H50O8/c1-19(2)21-12-15-37(32(43)44)17-16-34(5)22(27(21)37)9-11-26-35(34,6)14-13-25-33(3,4)29(28(30(40)41)36(25,26)7)45-31(42)20-8-10-23(38)24(39)18-20/h8,10,18,21-22,25-29,38-39H,1,9,11-17H2,2-7H3,(H,40,41)(H,43,44)/t21?,22-,25?,26?,27?,28-,29+,34-,35-,36+,37+/m1/s1. The molecular weight excluding hydrogens is 572 g/mol. The number of ether oxygens (including phenoxy) is 1. The molecule has 0 aliphatic heterocycles. The van der Waals surface area contributed by atoms with Crippen LogP contribution in [0.2, 0.25) is 0 Å². The van der Waals surface area contributed by atoms with E-state index in [1.54, 1.807) is 0 Å². The monoisotopic (exact) mass is 622 g/mol. The van der Waals surface area contributed by atoms with Gasteiger partial charge in [0.1, 0.15) is 12.0 Å². The molecule has 246 valence electrons. The van der Waals surface area contributed by atoms with Crippen molar-refractivity contribution in [2.24, 2.45) is 62.6 Å². The van der Waals surface area contributed by atoms with Crippen molar-refractivity contribution >= 4 is 17.9 Å². The lowest BCUT2D eigenvalue weighted by atomic mass is 9.34. The number of phenolic OH excluding ortho intramolecular Hbond substituents is 2. The molecule has 45 heavy (non-hydrogen) atoms. The zero-order chi connectivity index (χ0) is 33.1. The van der Waals surface area contributed by atoms with E-state index in [4.69, 9.17) is 4.74 Å². The maximum absolute atomic E-state index is 13.4. The van der Waals surface area contributed by atoms with Gasteiger partial charge in [-0.25, -0.2) is 4.79 Å². The minimum absolute atomic E-state index is 0.00769. The SMILES string of the molecule is C=C(C)C1CC[C@]2(C(=O)O)CC[C@]3(C)[C@H](CCC4[C@]5(C)C(CC[C@]43C)C(C)(C)[C@@H](OC(=O)c3ccc(O)c(O)c3)[C@@H]5C(=O)O)C12. The Hall–Kier alpha value is -3.03. The van der Waals surface area contributed by atoms with Crippen molar-refractivity contribution in [2.75, 3.05) is 0 Å². The highest BCUT2D eigenvalue weighted by Gasteiger charge is 2.76. The average molecular weight is 623 g/mol. The Bertz CT molecular complexity index is 1460. The molecule has 0 aromatic heterocycles. The normalized spacial score (nSPS) is 44.5. The molecule has 0 bridgehead atoms. The minimum atomic E-state index is -0.970. The van der Waals surface area contributed by atoms with Gasteiger partial charge in [-0.15, -0.1) is 0 Å². The Labute approximate surface area is 266 Å². The number of hydrogen-bond acceptors (Lipinski definition) is 6. The summed E-state index contributed by atoms with van der Waals surface area (Å²) in [6.07, 6.45) is 5.49. The summed E-state index contributed by atoms with van der Waals surface area (Å²) in [4.78, 5) is 39.7. The third-order valence-electron chi connectivity index (χ3n) is 15.0. The number of aliphatic carboxylic acids is 2. The Balaban J connectivity index is 1.40. The number of rotatable bonds is 5. The summed E-state index contributed by atoms with van der Waals surface area (Å²) in [5, 5.41) is 41.3. The topological polar surface area (TPSA) is 141 Å². The summed E-state index contributed by atoms with van der Waals surface area (Å²) in [7, 11) is 0. The van der Waals surface area contributed by atoms with Gasteiger partial charge in [0.25, 0.3) is 0 Å². The van der Waals surface area contributed by atoms with Crippen LogP contribution in [0.1, 0.15) is 103 Å². The van der Waals surface area contributed by atoms with E-state index in [-0.39, 0.29) is 51.7 Å². The fourth-order valence-corrected chi connectivity index (χ4v) is 12.8. The Morgan fingerprint density at radius 3 is 2.13 bits per heavy atom. The van der Waals surface area contributed by atoms with Crippen molar-refractivity contribution < 1.29 is 39.5 Å². The molecule has 0 heterocycles. The summed E-state index contributed by atoms with van der Waals surface area (Å²) < 4.78 is 6.13. The molecule has 4 N–H and O–H groups in total. The fourth-order valence-electron chi connectivity index (χ4n) is 12.8. The van der Waals surface area contributed by atoms with Crippen LogP contribution in [-0.4, -0.2) is 44.4 Å². The molecule has 6 rings (SSSR count). The zero-order valence-corrected chi connectivity index (χ0v) is 27.6.